The molecule has 0 aliphatic heterocycles. The Morgan fingerprint density at radius 2 is 1.50 bits per heavy atom. The third kappa shape index (κ3) is 10.4. The first-order chi connectivity index (χ1) is 13.4. The number of unbranched alkanes of at least 4 members (excludes halogenated alkanes) is 4. The monoisotopic (exact) mass is 393 g/mol. The number of allylic oxidation sites excluding steroid dienone is 2. The number of esters is 1. The van der Waals surface area contributed by atoms with Crippen LogP contribution in [0.5, 0.6) is 0 Å². The molecule has 156 valence electrons. The van der Waals surface area contributed by atoms with Crippen LogP contribution in [-0.2, 0) is 23.9 Å². The maximum atomic E-state index is 12.5. The highest BCUT2D eigenvalue weighted by Crippen LogP contribution is 2.11. The molecule has 1 atom stereocenters. The van der Waals surface area contributed by atoms with E-state index in [9.17, 15) is 24.3 Å². The molecule has 0 radical (unpaired) electrons. The lowest BCUT2D eigenvalue weighted by Gasteiger charge is -2.24. The van der Waals surface area contributed by atoms with E-state index in [1.807, 2.05) is 13.8 Å². The van der Waals surface area contributed by atoms with Crippen LogP contribution in [0.2, 0.25) is 0 Å². The van der Waals surface area contributed by atoms with E-state index >= 15 is 0 Å². The van der Waals surface area contributed by atoms with Gasteiger partial charge < -0.3 is 9.84 Å². The molecule has 0 aromatic heterocycles. The number of hydrogen-bond donors (Lipinski definition) is 1. The van der Waals surface area contributed by atoms with Crippen LogP contribution in [0.25, 0.3) is 0 Å². The van der Waals surface area contributed by atoms with Crippen LogP contribution in [0.1, 0.15) is 58.8 Å². The van der Waals surface area contributed by atoms with Gasteiger partial charge >= 0.3 is 11.9 Å². The molecule has 0 saturated heterocycles. The van der Waals surface area contributed by atoms with Crippen molar-refractivity contribution in [3.63, 3.8) is 0 Å². The number of aliphatic carboxylic acids is 1. The van der Waals surface area contributed by atoms with Gasteiger partial charge in [-0.05, 0) is 25.0 Å². The summed E-state index contributed by atoms with van der Waals surface area (Å²) in [7, 11) is 0. The molecule has 2 amide bonds. The van der Waals surface area contributed by atoms with Gasteiger partial charge in [0, 0.05) is 0 Å². The number of ether oxygens (including phenoxy) is 1. The van der Waals surface area contributed by atoms with Crippen LogP contribution in [0.3, 0.4) is 0 Å². The number of carbonyl (C=O) groups excluding carboxylic acids is 3. The van der Waals surface area contributed by atoms with Gasteiger partial charge in [-0.3, -0.25) is 19.3 Å². The minimum Gasteiger partial charge on any atom is -0.480 e. The van der Waals surface area contributed by atoms with Gasteiger partial charge in [-0.25, -0.2) is 4.79 Å². The Morgan fingerprint density at radius 1 is 1.00 bits per heavy atom. The Bertz CT molecular complexity index is 564. The summed E-state index contributed by atoms with van der Waals surface area (Å²) in [6.07, 6.45) is 11.1. The molecule has 0 aromatic carbocycles. The largest absolute Gasteiger partial charge is 0.480 e. The third-order valence-electron chi connectivity index (χ3n) is 3.76. The highest BCUT2D eigenvalue weighted by molar-refractivity contribution is 6.08. The third-order valence-corrected chi connectivity index (χ3v) is 3.76. The van der Waals surface area contributed by atoms with Crippen LogP contribution < -0.4 is 0 Å². The topological polar surface area (TPSA) is 101 Å². The molecule has 1 N–H and O–H groups in total. The first-order valence-electron chi connectivity index (χ1n) is 9.58. The highest BCUT2D eigenvalue weighted by atomic mass is 16.5. The molecule has 0 bridgehead atoms. The molecule has 0 aromatic rings. The molecule has 0 saturated carbocycles. The standard InChI is InChI=1S/C21H31NO6/c1-4-7-9-11-13-18(23)22(19(24)14-12-10-8-5-2)17(21(26)27)16-20(25)28-15-6-3/h6,11-14,17H,3-5,7-10,15-16H2,1-2H3,(H,26,27)/b13-11+,14-12+. The van der Waals surface area contributed by atoms with Crippen LogP contribution >= 0.6 is 0 Å². The van der Waals surface area contributed by atoms with Gasteiger partial charge in [0.2, 0.25) is 0 Å². The Hall–Kier alpha value is -2.70. The molecule has 0 heterocycles. The Morgan fingerprint density at radius 3 is 1.89 bits per heavy atom. The van der Waals surface area contributed by atoms with Crippen molar-refractivity contribution < 1.29 is 29.0 Å². The van der Waals surface area contributed by atoms with Crippen molar-refractivity contribution in [1.82, 2.24) is 4.90 Å². The van der Waals surface area contributed by atoms with E-state index in [1.165, 1.54) is 18.2 Å². The summed E-state index contributed by atoms with van der Waals surface area (Å²) in [5.74, 6) is -3.83. The molecule has 0 fully saturated rings. The smallest absolute Gasteiger partial charge is 0.327 e. The van der Waals surface area contributed by atoms with Crippen LogP contribution in [0, 0.1) is 0 Å². The minimum atomic E-state index is -1.65. The zero-order chi connectivity index (χ0) is 21.4. The molecule has 28 heavy (non-hydrogen) atoms. The zero-order valence-electron chi connectivity index (χ0n) is 16.8. The maximum absolute atomic E-state index is 12.5. The molecular formula is C21H31NO6. The highest BCUT2D eigenvalue weighted by Gasteiger charge is 2.35. The van der Waals surface area contributed by atoms with Gasteiger partial charge in [-0.2, -0.15) is 0 Å². The Labute approximate surface area is 166 Å². The Kier molecular flexibility index (Phi) is 13.9. The lowest BCUT2D eigenvalue weighted by molar-refractivity contribution is -0.158. The second-order valence-electron chi connectivity index (χ2n) is 6.17. The van der Waals surface area contributed by atoms with E-state index in [0.717, 1.165) is 25.7 Å². The molecule has 0 spiro atoms. The predicted molar refractivity (Wildman–Crippen MR) is 106 cm³/mol. The second kappa shape index (κ2) is 15.4. The summed E-state index contributed by atoms with van der Waals surface area (Å²) in [4.78, 5) is 49.2. The molecule has 0 aliphatic rings. The fraction of sp³-hybridized carbons (Fsp3) is 0.524. The van der Waals surface area contributed by atoms with Crippen molar-refractivity contribution in [2.45, 2.75) is 64.8 Å². The van der Waals surface area contributed by atoms with Gasteiger partial charge in [0.1, 0.15) is 12.6 Å². The van der Waals surface area contributed by atoms with E-state index in [2.05, 4.69) is 6.58 Å². The maximum Gasteiger partial charge on any atom is 0.327 e. The quantitative estimate of drug-likeness (QED) is 0.210. The van der Waals surface area contributed by atoms with Gasteiger partial charge in [0.05, 0.1) is 6.42 Å². The molecular weight excluding hydrogens is 362 g/mol. The molecule has 0 aliphatic carbocycles. The average molecular weight is 393 g/mol. The van der Waals surface area contributed by atoms with Gasteiger partial charge in [0.25, 0.3) is 11.8 Å². The SMILES string of the molecule is C=CCOC(=O)CC(C(=O)O)N(C(=O)/C=C/CCCC)C(=O)/C=C/CCCC. The summed E-state index contributed by atoms with van der Waals surface area (Å²) < 4.78 is 4.80. The van der Waals surface area contributed by atoms with Crippen molar-refractivity contribution in [2.75, 3.05) is 6.61 Å². The number of hydrogen-bond acceptors (Lipinski definition) is 5. The van der Waals surface area contributed by atoms with Crippen LogP contribution in [0.15, 0.2) is 37.0 Å². The first kappa shape index (κ1) is 25.3. The fourth-order valence-corrected chi connectivity index (χ4v) is 2.25. The number of carboxylic acid groups (broad SMARTS) is 1. The van der Waals surface area contributed by atoms with Crippen molar-refractivity contribution in [2.24, 2.45) is 0 Å². The fourth-order valence-electron chi connectivity index (χ4n) is 2.25. The van der Waals surface area contributed by atoms with E-state index in [0.29, 0.717) is 17.7 Å². The summed E-state index contributed by atoms with van der Waals surface area (Å²) >= 11 is 0. The van der Waals surface area contributed by atoms with Crippen LogP contribution in [-0.4, -0.2) is 46.4 Å². The van der Waals surface area contributed by atoms with Crippen molar-refractivity contribution >= 4 is 23.8 Å². The molecule has 7 nitrogen and oxygen atoms in total. The molecule has 7 heteroatoms. The van der Waals surface area contributed by atoms with E-state index in [4.69, 9.17) is 4.74 Å². The summed E-state index contributed by atoms with van der Waals surface area (Å²) in [5, 5.41) is 9.51. The summed E-state index contributed by atoms with van der Waals surface area (Å²) in [6, 6.07) is -1.65. The summed E-state index contributed by atoms with van der Waals surface area (Å²) in [5.41, 5.74) is 0. The predicted octanol–water partition coefficient (Wildman–Crippen LogP) is 3.41. The number of carbonyl (C=O) groups is 4. The number of nitrogens with zero attached hydrogens (tertiary/aromatic N) is 1. The first-order valence-corrected chi connectivity index (χ1v) is 9.58. The minimum absolute atomic E-state index is 0.0824. The van der Waals surface area contributed by atoms with E-state index < -0.39 is 36.2 Å². The van der Waals surface area contributed by atoms with Gasteiger partial charge in [0.15, 0.2) is 0 Å². The zero-order valence-corrected chi connectivity index (χ0v) is 16.8. The lowest BCUT2D eigenvalue weighted by atomic mass is 10.1. The number of amides is 2. The van der Waals surface area contributed by atoms with Crippen molar-refractivity contribution in [1.29, 1.82) is 0 Å². The average Bonchev–Trinajstić information content (AvgIpc) is 2.66. The Balaban J connectivity index is 5.51. The van der Waals surface area contributed by atoms with Gasteiger partial charge in [-0.15, -0.1) is 0 Å². The number of rotatable bonds is 14. The molecule has 1 unspecified atom stereocenters. The number of carboxylic acids is 1. The molecule has 0 rings (SSSR count). The second-order valence-corrected chi connectivity index (χ2v) is 6.17. The summed E-state index contributed by atoms with van der Waals surface area (Å²) in [6.45, 7) is 7.33. The normalized spacial score (nSPS) is 12.1. The van der Waals surface area contributed by atoms with Crippen LogP contribution in [0.4, 0.5) is 0 Å². The number of imide groups is 1. The lowest BCUT2D eigenvalue weighted by Crippen LogP contribution is -2.48. The van der Waals surface area contributed by atoms with E-state index in [-0.39, 0.29) is 6.61 Å². The van der Waals surface area contributed by atoms with Gasteiger partial charge in [-0.1, -0.05) is 64.3 Å². The van der Waals surface area contributed by atoms with Crippen molar-refractivity contribution in [3.05, 3.63) is 37.0 Å². The van der Waals surface area contributed by atoms with Crippen molar-refractivity contribution in [3.8, 4) is 0 Å². The van der Waals surface area contributed by atoms with E-state index in [1.54, 1.807) is 12.2 Å².